The SMILES string of the molecule is COc1ccc(COCC(CS)C(C)(C)C)cc1. The molecule has 0 aliphatic heterocycles. The second kappa shape index (κ2) is 7.05. The van der Waals surface area contributed by atoms with Gasteiger partial charge in [0.2, 0.25) is 0 Å². The van der Waals surface area contributed by atoms with Gasteiger partial charge in [-0.05, 0) is 34.8 Å². The van der Waals surface area contributed by atoms with Gasteiger partial charge in [0.1, 0.15) is 5.75 Å². The molecule has 0 saturated heterocycles. The average Bonchev–Trinajstić information content (AvgIpc) is 2.34. The van der Waals surface area contributed by atoms with Crippen LogP contribution in [0.4, 0.5) is 0 Å². The Morgan fingerprint density at radius 1 is 1.17 bits per heavy atom. The molecule has 0 bridgehead atoms. The van der Waals surface area contributed by atoms with Gasteiger partial charge in [-0.2, -0.15) is 12.6 Å². The zero-order valence-electron chi connectivity index (χ0n) is 11.8. The van der Waals surface area contributed by atoms with Crippen molar-refractivity contribution in [3.05, 3.63) is 29.8 Å². The van der Waals surface area contributed by atoms with Crippen LogP contribution in [0.3, 0.4) is 0 Å². The van der Waals surface area contributed by atoms with Crippen molar-refractivity contribution in [2.24, 2.45) is 11.3 Å². The van der Waals surface area contributed by atoms with Crippen LogP contribution in [0.15, 0.2) is 24.3 Å². The van der Waals surface area contributed by atoms with E-state index in [-0.39, 0.29) is 5.41 Å². The first kappa shape index (κ1) is 15.4. The smallest absolute Gasteiger partial charge is 0.118 e. The number of ether oxygens (including phenoxy) is 2. The lowest BCUT2D eigenvalue weighted by atomic mass is 9.82. The molecule has 0 spiro atoms. The maximum absolute atomic E-state index is 5.78. The summed E-state index contributed by atoms with van der Waals surface area (Å²) in [5.41, 5.74) is 1.41. The lowest BCUT2D eigenvalue weighted by molar-refractivity contribution is 0.0561. The van der Waals surface area contributed by atoms with E-state index in [0.29, 0.717) is 12.5 Å². The highest BCUT2D eigenvalue weighted by Gasteiger charge is 2.23. The van der Waals surface area contributed by atoms with Crippen molar-refractivity contribution in [2.45, 2.75) is 27.4 Å². The van der Waals surface area contributed by atoms with Gasteiger partial charge in [0, 0.05) is 0 Å². The molecule has 1 unspecified atom stereocenters. The molecule has 0 aromatic heterocycles. The molecule has 0 fully saturated rings. The summed E-state index contributed by atoms with van der Waals surface area (Å²) in [4.78, 5) is 0. The highest BCUT2D eigenvalue weighted by Crippen LogP contribution is 2.27. The molecule has 18 heavy (non-hydrogen) atoms. The van der Waals surface area contributed by atoms with Gasteiger partial charge in [-0.15, -0.1) is 0 Å². The van der Waals surface area contributed by atoms with Crippen LogP contribution in [-0.2, 0) is 11.3 Å². The van der Waals surface area contributed by atoms with Crippen LogP contribution in [0, 0.1) is 11.3 Å². The lowest BCUT2D eigenvalue weighted by Crippen LogP contribution is -2.26. The van der Waals surface area contributed by atoms with E-state index in [0.717, 1.165) is 18.1 Å². The highest BCUT2D eigenvalue weighted by molar-refractivity contribution is 7.80. The molecule has 0 saturated carbocycles. The molecule has 0 amide bonds. The first-order chi connectivity index (χ1) is 8.47. The summed E-state index contributed by atoms with van der Waals surface area (Å²) in [6.07, 6.45) is 0. The van der Waals surface area contributed by atoms with E-state index in [4.69, 9.17) is 9.47 Å². The maximum atomic E-state index is 5.78. The summed E-state index contributed by atoms with van der Waals surface area (Å²) >= 11 is 4.40. The van der Waals surface area contributed by atoms with E-state index >= 15 is 0 Å². The Morgan fingerprint density at radius 3 is 2.22 bits per heavy atom. The van der Waals surface area contributed by atoms with Crippen LogP contribution in [0.5, 0.6) is 5.75 Å². The maximum Gasteiger partial charge on any atom is 0.118 e. The third kappa shape index (κ3) is 4.91. The van der Waals surface area contributed by atoms with Gasteiger partial charge >= 0.3 is 0 Å². The van der Waals surface area contributed by atoms with E-state index in [9.17, 15) is 0 Å². The third-order valence-electron chi connectivity index (χ3n) is 3.19. The Labute approximate surface area is 116 Å². The summed E-state index contributed by atoms with van der Waals surface area (Å²) in [6, 6.07) is 7.98. The number of thiol groups is 1. The molecular weight excluding hydrogens is 244 g/mol. The molecule has 0 aliphatic rings. The third-order valence-corrected chi connectivity index (χ3v) is 3.63. The van der Waals surface area contributed by atoms with Gasteiger partial charge in [0.15, 0.2) is 0 Å². The largest absolute Gasteiger partial charge is 0.497 e. The second-order valence-corrected chi connectivity index (χ2v) is 5.97. The van der Waals surface area contributed by atoms with Crippen molar-refractivity contribution in [2.75, 3.05) is 19.5 Å². The normalized spacial score (nSPS) is 13.4. The molecule has 0 radical (unpaired) electrons. The molecular formula is C15H24O2S. The fourth-order valence-corrected chi connectivity index (χ4v) is 2.27. The molecule has 102 valence electrons. The molecule has 1 atom stereocenters. The van der Waals surface area contributed by atoms with Gasteiger partial charge in [0.25, 0.3) is 0 Å². The molecule has 3 heteroatoms. The van der Waals surface area contributed by atoms with Crippen molar-refractivity contribution >= 4 is 12.6 Å². The molecule has 0 N–H and O–H groups in total. The fourth-order valence-electron chi connectivity index (χ4n) is 1.62. The van der Waals surface area contributed by atoms with Crippen LogP contribution >= 0.6 is 12.6 Å². The van der Waals surface area contributed by atoms with Gasteiger partial charge < -0.3 is 9.47 Å². The standard InChI is InChI=1S/C15H24O2S/c1-15(2,3)13(11-18)10-17-9-12-5-7-14(16-4)8-6-12/h5-8,13,18H,9-11H2,1-4H3. The van der Waals surface area contributed by atoms with Crippen molar-refractivity contribution in [1.82, 2.24) is 0 Å². The Hall–Kier alpha value is -0.670. The van der Waals surface area contributed by atoms with Gasteiger partial charge in [0.05, 0.1) is 20.3 Å². The first-order valence-electron chi connectivity index (χ1n) is 6.29. The minimum absolute atomic E-state index is 0.238. The van der Waals surface area contributed by atoms with E-state index in [1.165, 1.54) is 5.56 Å². The average molecular weight is 268 g/mol. The zero-order valence-corrected chi connectivity index (χ0v) is 12.7. The summed E-state index contributed by atoms with van der Waals surface area (Å²) in [5.74, 6) is 2.20. The fraction of sp³-hybridized carbons (Fsp3) is 0.600. The summed E-state index contributed by atoms with van der Waals surface area (Å²) in [6.45, 7) is 8.07. The van der Waals surface area contributed by atoms with E-state index in [1.807, 2.05) is 24.3 Å². The number of hydrogen-bond acceptors (Lipinski definition) is 3. The van der Waals surface area contributed by atoms with Crippen molar-refractivity contribution < 1.29 is 9.47 Å². The van der Waals surface area contributed by atoms with Crippen molar-refractivity contribution in [3.63, 3.8) is 0 Å². The van der Waals surface area contributed by atoms with Crippen LogP contribution in [0.1, 0.15) is 26.3 Å². The first-order valence-corrected chi connectivity index (χ1v) is 6.92. The quantitative estimate of drug-likeness (QED) is 0.791. The highest BCUT2D eigenvalue weighted by atomic mass is 32.1. The minimum Gasteiger partial charge on any atom is -0.497 e. The number of methoxy groups -OCH3 is 1. The number of rotatable bonds is 6. The Morgan fingerprint density at radius 2 is 1.78 bits per heavy atom. The van der Waals surface area contributed by atoms with Gasteiger partial charge in [-0.1, -0.05) is 32.9 Å². The summed E-state index contributed by atoms with van der Waals surface area (Å²) < 4.78 is 10.9. The predicted octanol–water partition coefficient (Wildman–Crippen LogP) is 3.80. The van der Waals surface area contributed by atoms with Crippen molar-refractivity contribution in [1.29, 1.82) is 0 Å². The molecule has 2 nitrogen and oxygen atoms in total. The predicted molar refractivity (Wildman–Crippen MR) is 79.4 cm³/mol. The topological polar surface area (TPSA) is 18.5 Å². The summed E-state index contributed by atoms with van der Waals surface area (Å²) in [7, 11) is 1.67. The van der Waals surface area contributed by atoms with E-state index in [1.54, 1.807) is 7.11 Å². The van der Waals surface area contributed by atoms with Crippen LogP contribution < -0.4 is 4.74 Å². The Kier molecular flexibility index (Phi) is 6.03. The molecule has 1 aromatic rings. The van der Waals surface area contributed by atoms with Gasteiger partial charge in [-0.3, -0.25) is 0 Å². The van der Waals surface area contributed by atoms with Gasteiger partial charge in [-0.25, -0.2) is 0 Å². The molecule has 1 rings (SSSR count). The lowest BCUT2D eigenvalue weighted by Gasteiger charge is -2.29. The monoisotopic (exact) mass is 268 g/mol. The molecule has 1 aromatic carbocycles. The van der Waals surface area contributed by atoms with Crippen LogP contribution in [0.25, 0.3) is 0 Å². The minimum atomic E-state index is 0.238. The zero-order chi connectivity index (χ0) is 13.6. The number of benzene rings is 1. The number of hydrogen-bond donors (Lipinski definition) is 1. The summed E-state index contributed by atoms with van der Waals surface area (Å²) in [5, 5.41) is 0. The van der Waals surface area contributed by atoms with E-state index < -0.39 is 0 Å². The molecule has 0 aliphatic carbocycles. The Bertz CT molecular complexity index is 341. The molecule has 0 heterocycles. The van der Waals surface area contributed by atoms with E-state index in [2.05, 4.69) is 33.4 Å². The Balaban J connectivity index is 2.40. The van der Waals surface area contributed by atoms with Crippen LogP contribution in [-0.4, -0.2) is 19.5 Å². The van der Waals surface area contributed by atoms with Crippen LogP contribution in [0.2, 0.25) is 0 Å². The van der Waals surface area contributed by atoms with Crippen molar-refractivity contribution in [3.8, 4) is 5.75 Å². The second-order valence-electron chi connectivity index (χ2n) is 5.61.